The van der Waals surface area contributed by atoms with E-state index in [0.717, 1.165) is 59.9 Å². The Morgan fingerprint density at radius 1 is 0.857 bits per heavy atom. The van der Waals surface area contributed by atoms with Crippen LogP contribution in [0.5, 0.6) is 11.5 Å². The zero-order chi connectivity index (χ0) is 23.9. The van der Waals surface area contributed by atoms with E-state index in [2.05, 4.69) is 25.9 Å². The number of nitrogens with one attached hydrogen (secondary N) is 3. The van der Waals surface area contributed by atoms with Gasteiger partial charge in [-0.2, -0.15) is 0 Å². The minimum absolute atomic E-state index is 0.0195. The Bertz CT molecular complexity index is 1250. The van der Waals surface area contributed by atoms with Gasteiger partial charge in [-0.3, -0.25) is 4.79 Å². The van der Waals surface area contributed by atoms with E-state index < -0.39 is 0 Å². The highest BCUT2D eigenvalue weighted by molar-refractivity contribution is 5.95. The lowest BCUT2D eigenvalue weighted by molar-refractivity contribution is -0.118. The van der Waals surface area contributed by atoms with Gasteiger partial charge in [-0.1, -0.05) is 24.6 Å². The molecular weight excluding hydrogens is 438 g/mol. The normalized spacial score (nSPS) is 15.3. The fourth-order valence-corrected chi connectivity index (χ4v) is 3.99. The van der Waals surface area contributed by atoms with Gasteiger partial charge in [-0.25, -0.2) is 9.97 Å². The maximum Gasteiger partial charge on any atom is 0.241 e. The lowest BCUT2D eigenvalue weighted by Gasteiger charge is -2.22. The van der Waals surface area contributed by atoms with Gasteiger partial charge in [-0.05, 0) is 80.1 Å². The molecule has 1 aliphatic heterocycles. The lowest BCUT2D eigenvalue weighted by Crippen LogP contribution is -2.43. The van der Waals surface area contributed by atoms with E-state index in [1.54, 1.807) is 0 Å². The second kappa shape index (κ2) is 10.8. The molecule has 1 aromatic heterocycles. The number of para-hydroxylation sites is 1. The van der Waals surface area contributed by atoms with Gasteiger partial charge in [-0.15, -0.1) is 0 Å². The van der Waals surface area contributed by atoms with Gasteiger partial charge in [0, 0.05) is 23.0 Å². The number of hydrogen-bond donors (Lipinski definition) is 3. The summed E-state index contributed by atoms with van der Waals surface area (Å²) in [5.41, 5.74) is 3.41. The summed E-state index contributed by atoms with van der Waals surface area (Å²) in [6, 6.07) is 26.9. The Morgan fingerprint density at radius 2 is 1.60 bits per heavy atom. The van der Waals surface area contributed by atoms with Crippen molar-refractivity contribution >= 4 is 23.1 Å². The molecule has 5 rings (SSSR count). The van der Waals surface area contributed by atoms with Crippen LogP contribution in [0.1, 0.15) is 19.3 Å². The molecule has 3 N–H and O–H groups in total. The highest BCUT2D eigenvalue weighted by Gasteiger charge is 2.20. The third kappa shape index (κ3) is 6.02. The maximum absolute atomic E-state index is 12.4. The number of benzene rings is 3. The minimum Gasteiger partial charge on any atom is -0.457 e. The van der Waals surface area contributed by atoms with Crippen LogP contribution in [0.4, 0.5) is 17.2 Å². The van der Waals surface area contributed by atoms with Gasteiger partial charge in [0.25, 0.3) is 0 Å². The van der Waals surface area contributed by atoms with Crippen LogP contribution in [-0.4, -0.2) is 28.5 Å². The van der Waals surface area contributed by atoms with Crippen molar-refractivity contribution in [2.24, 2.45) is 0 Å². The molecule has 7 nitrogen and oxygen atoms in total. The zero-order valence-corrected chi connectivity index (χ0v) is 19.3. The maximum atomic E-state index is 12.4. The Labute approximate surface area is 204 Å². The predicted octanol–water partition coefficient (Wildman–Crippen LogP) is 5.76. The summed E-state index contributed by atoms with van der Waals surface area (Å²) in [4.78, 5) is 21.2. The summed E-state index contributed by atoms with van der Waals surface area (Å²) in [6.45, 7) is 0.896. The molecule has 1 fully saturated rings. The Hall–Kier alpha value is -4.23. The molecule has 176 valence electrons. The van der Waals surface area contributed by atoms with Crippen LogP contribution in [0.3, 0.4) is 0 Å². The van der Waals surface area contributed by atoms with E-state index in [1.165, 1.54) is 6.33 Å². The monoisotopic (exact) mass is 465 g/mol. The highest BCUT2D eigenvalue weighted by Crippen LogP contribution is 2.26. The van der Waals surface area contributed by atoms with Crippen LogP contribution in [-0.2, 0) is 4.79 Å². The second-order valence-corrected chi connectivity index (χ2v) is 8.42. The van der Waals surface area contributed by atoms with Gasteiger partial charge in [0.2, 0.25) is 5.91 Å². The third-order valence-corrected chi connectivity index (χ3v) is 5.85. The van der Waals surface area contributed by atoms with Crippen molar-refractivity contribution in [3.63, 3.8) is 0 Å². The largest absolute Gasteiger partial charge is 0.457 e. The molecule has 1 atom stereocenters. The molecule has 7 heteroatoms. The molecule has 1 aliphatic rings. The summed E-state index contributed by atoms with van der Waals surface area (Å²) in [6.07, 6.45) is 4.63. The zero-order valence-electron chi connectivity index (χ0n) is 19.3. The SMILES string of the molecule is O=C(Nc1ccc(Nc2cc(-c3ccc(Oc4ccccc4)cc3)ncn2)cc1)[C@@H]1CCCCN1. The molecule has 0 bridgehead atoms. The summed E-state index contributed by atoms with van der Waals surface area (Å²) in [5.74, 6) is 2.26. The van der Waals surface area contributed by atoms with E-state index in [0.29, 0.717) is 5.82 Å². The predicted molar refractivity (Wildman–Crippen MR) is 138 cm³/mol. The van der Waals surface area contributed by atoms with E-state index in [-0.39, 0.29) is 11.9 Å². The Balaban J connectivity index is 1.21. The van der Waals surface area contributed by atoms with E-state index in [4.69, 9.17) is 4.74 Å². The van der Waals surface area contributed by atoms with Gasteiger partial charge in [0.05, 0.1) is 11.7 Å². The number of nitrogens with zero attached hydrogens (tertiary/aromatic N) is 2. The molecule has 1 saturated heterocycles. The summed E-state index contributed by atoms with van der Waals surface area (Å²) in [7, 11) is 0. The summed E-state index contributed by atoms with van der Waals surface area (Å²) in [5, 5.41) is 9.56. The van der Waals surface area contributed by atoms with E-state index in [9.17, 15) is 4.79 Å². The van der Waals surface area contributed by atoms with Gasteiger partial charge in [0.1, 0.15) is 23.6 Å². The van der Waals surface area contributed by atoms with Crippen molar-refractivity contribution in [2.45, 2.75) is 25.3 Å². The first-order valence-corrected chi connectivity index (χ1v) is 11.8. The number of carbonyl (C=O) groups excluding carboxylic acids is 1. The lowest BCUT2D eigenvalue weighted by atomic mass is 10.0. The number of ether oxygens (including phenoxy) is 1. The fraction of sp³-hybridized carbons (Fsp3) is 0.179. The molecule has 4 aromatic rings. The minimum atomic E-state index is -0.111. The van der Waals surface area contributed by atoms with E-state index >= 15 is 0 Å². The number of amides is 1. The van der Waals surface area contributed by atoms with Gasteiger partial charge < -0.3 is 20.7 Å². The standard InChI is InChI=1S/C28H27N5O2/c34-28(25-8-4-5-17-29-25)33-22-13-11-21(12-14-22)32-27-18-26(30-19-31-27)20-9-15-24(16-10-20)35-23-6-2-1-3-7-23/h1-3,6-7,9-16,18-19,25,29H,4-5,8,17H2,(H,33,34)(H,30,31,32)/t25-/m0/s1. The Morgan fingerprint density at radius 3 is 2.34 bits per heavy atom. The first-order chi connectivity index (χ1) is 17.2. The fourth-order valence-electron chi connectivity index (χ4n) is 3.99. The molecule has 1 amide bonds. The average molecular weight is 466 g/mol. The topological polar surface area (TPSA) is 88.2 Å². The van der Waals surface area contributed by atoms with Gasteiger partial charge >= 0.3 is 0 Å². The van der Waals surface area contributed by atoms with Crippen molar-refractivity contribution in [1.29, 1.82) is 0 Å². The van der Waals surface area contributed by atoms with Crippen LogP contribution >= 0.6 is 0 Å². The number of aromatic nitrogens is 2. The van der Waals surface area contributed by atoms with Crippen molar-refractivity contribution < 1.29 is 9.53 Å². The molecule has 3 aromatic carbocycles. The van der Waals surface area contributed by atoms with Crippen LogP contribution in [0, 0.1) is 0 Å². The smallest absolute Gasteiger partial charge is 0.241 e. The number of carbonyl (C=O) groups is 1. The summed E-state index contributed by atoms with van der Waals surface area (Å²) >= 11 is 0. The third-order valence-electron chi connectivity index (χ3n) is 5.85. The molecule has 0 aliphatic carbocycles. The average Bonchev–Trinajstić information content (AvgIpc) is 2.91. The molecule has 2 heterocycles. The van der Waals surface area contributed by atoms with Crippen molar-refractivity contribution in [2.75, 3.05) is 17.2 Å². The van der Waals surface area contributed by atoms with Crippen LogP contribution < -0.4 is 20.7 Å². The molecular formula is C28H27N5O2. The van der Waals surface area contributed by atoms with Crippen LogP contribution in [0.2, 0.25) is 0 Å². The number of piperidine rings is 1. The molecule has 0 unspecified atom stereocenters. The molecule has 0 spiro atoms. The van der Waals surface area contributed by atoms with E-state index in [1.807, 2.05) is 84.9 Å². The van der Waals surface area contributed by atoms with Crippen molar-refractivity contribution in [3.05, 3.63) is 91.3 Å². The number of anilines is 3. The van der Waals surface area contributed by atoms with Crippen molar-refractivity contribution in [1.82, 2.24) is 15.3 Å². The van der Waals surface area contributed by atoms with Crippen LogP contribution in [0.15, 0.2) is 91.3 Å². The quantitative estimate of drug-likeness (QED) is 0.322. The van der Waals surface area contributed by atoms with Gasteiger partial charge in [0.15, 0.2) is 0 Å². The van der Waals surface area contributed by atoms with Crippen molar-refractivity contribution in [3.8, 4) is 22.8 Å². The highest BCUT2D eigenvalue weighted by atomic mass is 16.5. The molecule has 0 saturated carbocycles. The number of hydrogen-bond acceptors (Lipinski definition) is 6. The first kappa shape index (κ1) is 22.6. The summed E-state index contributed by atoms with van der Waals surface area (Å²) < 4.78 is 5.87. The Kier molecular flexibility index (Phi) is 6.96. The molecule has 0 radical (unpaired) electrons. The number of rotatable bonds is 7. The second-order valence-electron chi connectivity index (χ2n) is 8.42. The first-order valence-electron chi connectivity index (χ1n) is 11.8. The van der Waals surface area contributed by atoms with Crippen LogP contribution in [0.25, 0.3) is 11.3 Å². The molecule has 35 heavy (non-hydrogen) atoms.